The van der Waals surface area contributed by atoms with E-state index in [4.69, 9.17) is 9.47 Å². The number of aliphatic hydroxyl groups excluding tert-OH is 4. The fourth-order valence-electron chi connectivity index (χ4n) is 4.03. The van der Waals surface area contributed by atoms with Crippen LogP contribution in [0, 0.1) is 0 Å². The molecule has 0 bridgehead atoms. The Morgan fingerprint density at radius 1 is 0.824 bits per heavy atom. The summed E-state index contributed by atoms with van der Waals surface area (Å²) >= 11 is 0. The predicted molar refractivity (Wildman–Crippen MR) is 128 cm³/mol. The molecule has 0 saturated carbocycles. The van der Waals surface area contributed by atoms with Gasteiger partial charge in [-0.3, -0.25) is 0 Å². The van der Waals surface area contributed by atoms with E-state index in [1.807, 2.05) is 0 Å². The van der Waals surface area contributed by atoms with Gasteiger partial charge in [0, 0.05) is 12.8 Å². The summed E-state index contributed by atoms with van der Waals surface area (Å²) in [5, 5.41) is 65.0. The third-order valence-electron chi connectivity index (χ3n) is 6.07. The third kappa shape index (κ3) is 6.56. The van der Waals surface area contributed by atoms with E-state index < -0.39 is 36.1 Å². The fraction of sp³-hybridized carbons (Fsp3) is 0.462. The summed E-state index contributed by atoms with van der Waals surface area (Å²) in [5.74, 6) is 1.20. The minimum absolute atomic E-state index is 0.0381. The minimum atomic E-state index is -2.40. The normalized spacial score (nSPS) is 18.0. The summed E-state index contributed by atoms with van der Waals surface area (Å²) in [4.78, 5) is 0. The highest BCUT2D eigenvalue weighted by atomic mass is 16.5. The summed E-state index contributed by atoms with van der Waals surface area (Å²) in [6.45, 7) is 0.915. The molecule has 0 heterocycles. The second-order valence-corrected chi connectivity index (χ2v) is 8.51. The zero-order chi connectivity index (χ0) is 25.4. The molecule has 0 aliphatic heterocycles. The molecule has 34 heavy (non-hydrogen) atoms. The summed E-state index contributed by atoms with van der Waals surface area (Å²) in [7, 11) is 3.05. The summed E-state index contributed by atoms with van der Waals surface area (Å²) in [6, 6.07) is 13.5. The number of methoxy groups -OCH3 is 2. The molecule has 2 rings (SSSR count). The standard InChI is InChI=1S/C26H36O8/c1-4-5-14-25(31,15-18-6-10-20(33-2)11-7-18)24(30)26(32,23(29)22(28)17-27)16-19-8-12-21(34-3)13-9-19/h4-13,22-24,27-32H,14-17H2,1-3H3/b5-4+/t22-,23+,24+,25?,26+/m0/s1. The summed E-state index contributed by atoms with van der Waals surface area (Å²) in [5.41, 5.74) is -3.14. The average molecular weight is 477 g/mol. The van der Waals surface area contributed by atoms with E-state index in [0.29, 0.717) is 22.6 Å². The maximum absolute atomic E-state index is 11.6. The van der Waals surface area contributed by atoms with Crippen LogP contribution in [0.1, 0.15) is 24.5 Å². The first-order valence-electron chi connectivity index (χ1n) is 11.1. The van der Waals surface area contributed by atoms with Crippen molar-refractivity contribution in [2.24, 2.45) is 0 Å². The van der Waals surface area contributed by atoms with Crippen molar-refractivity contribution in [2.75, 3.05) is 20.8 Å². The minimum Gasteiger partial charge on any atom is -0.497 e. The van der Waals surface area contributed by atoms with Crippen molar-refractivity contribution in [2.45, 2.75) is 55.7 Å². The Labute approximate surface area is 200 Å². The monoisotopic (exact) mass is 476 g/mol. The summed E-state index contributed by atoms with van der Waals surface area (Å²) < 4.78 is 10.3. The molecule has 0 saturated heterocycles. The van der Waals surface area contributed by atoms with Gasteiger partial charge in [0.25, 0.3) is 0 Å². The molecule has 0 fully saturated rings. The molecule has 0 radical (unpaired) electrons. The lowest BCUT2D eigenvalue weighted by molar-refractivity contribution is -0.228. The van der Waals surface area contributed by atoms with E-state index in [1.54, 1.807) is 67.6 Å². The van der Waals surface area contributed by atoms with E-state index in [2.05, 4.69) is 0 Å². The second-order valence-electron chi connectivity index (χ2n) is 8.51. The number of rotatable bonds is 13. The molecule has 1 unspecified atom stereocenters. The van der Waals surface area contributed by atoms with Gasteiger partial charge in [-0.25, -0.2) is 0 Å². The maximum Gasteiger partial charge on any atom is 0.126 e. The van der Waals surface area contributed by atoms with Crippen LogP contribution in [0.2, 0.25) is 0 Å². The average Bonchev–Trinajstić information content (AvgIpc) is 2.86. The van der Waals surface area contributed by atoms with Crippen LogP contribution < -0.4 is 9.47 Å². The van der Waals surface area contributed by atoms with Gasteiger partial charge in [0.15, 0.2) is 0 Å². The molecule has 188 valence electrons. The van der Waals surface area contributed by atoms with Crippen molar-refractivity contribution in [1.82, 2.24) is 0 Å². The van der Waals surface area contributed by atoms with Gasteiger partial charge in [-0.1, -0.05) is 36.4 Å². The number of hydrogen-bond acceptors (Lipinski definition) is 8. The van der Waals surface area contributed by atoms with Crippen LogP contribution in [0.25, 0.3) is 0 Å². The molecule has 0 amide bonds. The zero-order valence-corrected chi connectivity index (χ0v) is 19.8. The van der Waals surface area contributed by atoms with Gasteiger partial charge < -0.3 is 40.1 Å². The number of hydrogen-bond donors (Lipinski definition) is 6. The van der Waals surface area contributed by atoms with Crippen molar-refractivity contribution in [3.8, 4) is 11.5 Å². The van der Waals surface area contributed by atoms with Crippen LogP contribution in [0.15, 0.2) is 60.7 Å². The highest BCUT2D eigenvalue weighted by Gasteiger charge is 2.53. The first kappa shape index (κ1) is 27.8. The highest BCUT2D eigenvalue weighted by Crippen LogP contribution is 2.35. The van der Waals surface area contributed by atoms with Gasteiger partial charge in [0.1, 0.15) is 41.0 Å². The molecule has 5 atom stereocenters. The first-order chi connectivity index (χ1) is 16.1. The number of allylic oxidation sites excluding steroid dienone is 1. The highest BCUT2D eigenvalue weighted by molar-refractivity contribution is 5.31. The molecular formula is C26H36O8. The molecule has 2 aromatic carbocycles. The molecule has 2 aromatic rings. The van der Waals surface area contributed by atoms with Crippen molar-refractivity contribution in [3.63, 3.8) is 0 Å². The van der Waals surface area contributed by atoms with E-state index >= 15 is 0 Å². The van der Waals surface area contributed by atoms with Crippen LogP contribution in [0.3, 0.4) is 0 Å². The molecule has 6 N–H and O–H groups in total. The van der Waals surface area contributed by atoms with Gasteiger partial charge in [0.2, 0.25) is 0 Å². The van der Waals surface area contributed by atoms with E-state index in [0.717, 1.165) is 0 Å². The van der Waals surface area contributed by atoms with Gasteiger partial charge in [-0.05, 0) is 48.7 Å². The zero-order valence-electron chi connectivity index (χ0n) is 19.8. The largest absolute Gasteiger partial charge is 0.497 e. The SMILES string of the molecule is C/C=C/CC(O)(Cc1ccc(OC)cc1)[C@@H](O)[C@@](O)(Cc1ccc(OC)cc1)[C@H](O)[C@@H](O)CO. The lowest BCUT2D eigenvalue weighted by Gasteiger charge is -2.46. The predicted octanol–water partition coefficient (Wildman–Crippen LogP) is 0.992. The lowest BCUT2D eigenvalue weighted by atomic mass is 9.72. The third-order valence-corrected chi connectivity index (χ3v) is 6.07. The van der Waals surface area contributed by atoms with E-state index in [9.17, 15) is 30.6 Å². The van der Waals surface area contributed by atoms with Crippen LogP contribution >= 0.6 is 0 Å². The maximum atomic E-state index is 11.6. The fourth-order valence-corrected chi connectivity index (χ4v) is 4.03. The molecule has 8 heteroatoms. The van der Waals surface area contributed by atoms with Crippen molar-refractivity contribution in [1.29, 1.82) is 0 Å². The molecule has 0 aliphatic carbocycles. The number of ether oxygens (including phenoxy) is 2. The Morgan fingerprint density at radius 2 is 1.29 bits per heavy atom. The molecule has 8 nitrogen and oxygen atoms in total. The van der Waals surface area contributed by atoms with Gasteiger partial charge in [-0.2, -0.15) is 0 Å². The molecular weight excluding hydrogens is 440 g/mol. The van der Waals surface area contributed by atoms with E-state index in [1.165, 1.54) is 14.2 Å². The number of benzene rings is 2. The topological polar surface area (TPSA) is 140 Å². The molecule has 0 spiro atoms. The Bertz CT molecular complexity index is 898. The Hall–Kier alpha value is -2.46. The number of aliphatic hydroxyl groups is 6. The van der Waals surface area contributed by atoms with Gasteiger partial charge in [-0.15, -0.1) is 0 Å². The van der Waals surface area contributed by atoms with Crippen molar-refractivity contribution >= 4 is 0 Å². The Morgan fingerprint density at radius 3 is 1.71 bits per heavy atom. The Balaban J connectivity index is 2.48. The van der Waals surface area contributed by atoms with Gasteiger partial charge >= 0.3 is 0 Å². The molecule has 0 aliphatic rings. The lowest BCUT2D eigenvalue weighted by Crippen LogP contribution is -2.66. The first-order valence-corrected chi connectivity index (χ1v) is 11.1. The van der Waals surface area contributed by atoms with Crippen molar-refractivity contribution in [3.05, 3.63) is 71.8 Å². The molecule has 0 aromatic heterocycles. The van der Waals surface area contributed by atoms with Crippen LogP contribution in [-0.2, 0) is 12.8 Å². The van der Waals surface area contributed by atoms with E-state index in [-0.39, 0.29) is 19.3 Å². The van der Waals surface area contributed by atoms with Gasteiger partial charge in [0.05, 0.1) is 20.8 Å². The van der Waals surface area contributed by atoms with Crippen LogP contribution in [0.4, 0.5) is 0 Å². The summed E-state index contributed by atoms with van der Waals surface area (Å²) in [6.07, 6.45) is -2.66. The van der Waals surface area contributed by atoms with Crippen LogP contribution in [0.5, 0.6) is 11.5 Å². The Kier molecular flexibility index (Phi) is 10.1. The quantitative estimate of drug-likeness (QED) is 0.235. The second kappa shape index (κ2) is 12.3. The smallest absolute Gasteiger partial charge is 0.126 e. The van der Waals surface area contributed by atoms with Crippen molar-refractivity contribution < 1.29 is 40.1 Å². The van der Waals surface area contributed by atoms with Crippen LogP contribution in [-0.4, -0.2) is 81.0 Å².